The van der Waals surface area contributed by atoms with Gasteiger partial charge in [0.2, 0.25) is 5.91 Å². The largest absolute Gasteiger partial charge is 0.466 e. The predicted molar refractivity (Wildman–Crippen MR) is 92.4 cm³/mol. The van der Waals surface area contributed by atoms with Gasteiger partial charge in [-0.05, 0) is 52.0 Å². The Balaban J connectivity index is 1.71. The number of carbonyl (C=O) groups excluding carboxylic acids is 1. The van der Waals surface area contributed by atoms with Crippen LogP contribution in [0.15, 0.2) is 63.2 Å². The van der Waals surface area contributed by atoms with Crippen LogP contribution in [0.2, 0.25) is 0 Å². The fourth-order valence-electron chi connectivity index (χ4n) is 2.14. The highest BCUT2D eigenvalue weighted by atomic mass is 32.1. The summed E-state index contributed by atoms with van der Waals surface area (Å²) in [5.74, 6) is 0.139. The molecule has 3 rings (SSSR count). The molecule has 6 heteroatoms. The third-order valence-electron chi connectivity index (χ3n) is 3.35. The number of amides is 1. The van der Waals surface area contributed by atoms with E-state index in [-0.39, 0.29) is 12.5 Å². The number of hydrogen-bond donors (Lipinski definition) is 2. The van der Waals surface area contributed by atoms with Gasteiger partial charge in [-0.1, -0.05) is 6.07 Å². The first kappa shape index (κ1) is 15.7. The van der Waals surface area contributed by atoms with Gasteiger partial charge in [0.1, 0.15) is 5.76 Å². The Bertz CT molecular complexity index is 725. The number of aliphatic hydroxyl groups is 1. The summed E-state index contributed by atoms with van der Waals surface area (Å²) >= 11 is 2.98. The molecule has 3 heterocycles. The average Bonchev–Trinajstić information content (AvgIpc) is 3.33. The highest BCUT2D eigenvalue weighted by Gasteiger charge is 2.35. The number of thiophene rings is 2. The number of hydrogen-bond acceptors (Lipinski definition) is 5. The minimum atomic E-state index is -1.37. The molecule has 0 saturated carbocycles. The summed E-state index contributed by atoms with van der Waals surface area (Å²) < 4.78 is 5.36. The Kier molecular flexibility index (Phi) is 4.76. The zero-order valence-electron chi connectivity index (χ0n) is 12.1. The smallest absolute Gasteiger partial charge is 0.244 e. The third-order valence-corrected chi connectivity index (χ3v) is 5.07. The second-order valence-electron chi connectivity index (χ2n) is 4.92. The number of furan rings is 1. The molecular weight excluding hydrogens is 330 g/mol. The maximum atomic E-state index is 12.0. The van der Waals surface area contributed by atoms with Crippen LogP contribution in [0.1, 0.15) is 16.2 Å². The van der Waals surface area contributed by atoms with Gasteiger partial charge in [-0.2, -0.15) is 11.3 Å². The van der Waals surface area contributed by atoms with E-state index in [9.17, 15) is 9.90 Å². The van der Waals surface area contributed by atoms with Gasteiger partial charge in [0, 0.05) is 11.0 Å². The van der Waals surface area contributed by atoms with Crippen molar-refractivity contribution < 1.29 is 14.3 Å². The molecule has 1 amide bonds. The number of nitrogens with one attached hydrogen (secondary N) is 1. The second kappa shape index (κ2) is 6.95. The average molecular weight is 345 g/mol. The van der Waals surface area contributed by atoms with Crippen LogP contribution in [0.25, 0.3) is 6.08 Å². The SMILES string of the molecule is O=C(C=Cc1ccsc1)NCC(O)(c1ccco1)c1cccs1. The van der Waals surface area contributed by atoms with Gasteiger partial charge in [-0.25, -0.2) is 0 Å². The highest BCUT2D eigenvalue weighted by Crippen LogP contribution is 2.32. The van der Waals surface area contributed by atoms with Gasteiger partial charge < -0.3 is 14.8 Å². The van der Waals surface area contributed by atoms with E-state index in [4.69, 9.17) is 4.42 Å². The maximum absolute atomic E-state index is 12.0. The first-order chi connectivity index (χ1) is 11.2. The molecule has 3 aromatic heterocycles. The molecule has 0 aromatic carbocycles. The molecule has 0 spiro atoms. The zero-order valence-corrected chi connectivity index (χ0v) is 13.8. The van der Waals surface area contributed by atoms with Gasteiger partial charge in [0.05, 0.1) is 12.8 Å². The van der Waals surface area contributed by atoms with Crippen molar-refractivity contribution in [1.82, 2.24) is 5.32 Å². The van der Waals surface area contributed by atoms with E-state index in [2.05, 4.69) is 5.32 Å². The summed E-state index contributed by atoms with van der Waals surface area (Å²) in [6, 6.07) is 9.02. The van der Waals surface area contributed by atoms with Crippen LogP contribution in [-0.4, -0.2) is 17.6 Å². The van der Waals surface area contributed by atoms with E-state index in [0.717, 1.165) is 10.4 Å². The van der Waals surface area contributed by atoms with Gasteiger partial charge in [-0.3, -0.25) is 4.79 Å². The summed E-state index contributed by atoms with van der Waals surface area (Å²) in [5, 5.41) is 19.5. The van der Waals surface area contributed by atoms with Crippen molar-refractivity contribution in [3.05, 3.63) is 75.0 Å². The van der Waals surface area contributed by atoms with Crippen molar-refractivity contribution in [3.8, 4) is 0 Å². The minimum Gasteiger partial charge on any atom is -0.466 e. The summed E-state index contributed by atoms with van der Waals surface area (Å²) in [4.78, 5) is 12.7. The Morgan fingerprint density at radius 1 is 1.30 bits per heavy atom. The van der Waals surface area contributed by atoms with Crippen molar-refractivity contribution in [2.45, 2.75) is 5.60 Å². The van der Waals surface area contributed by atoms with Gasteiger partial charge >= 0.3 is 0 Å². The molecule has 0 aliphatic rings. The van der Waals surface area contributed by atoms with E-state index < -0.39 is 5.60 Å². The number of carbonyl (C=O) groups is 1. The second-order valence-corrected chi connectivity index (χ2v) is 6.65. The molecule has 1 atom stereocenters. The lowest BCUT2D eigenvalue weighted by Crippen LogP contribution is -2.40. The molecule has 1 unspecified atom stereocenters. The molecular formula is C17H15NO3S2. The molecule has 0 aliphatic heterocycles. The lowest BCUT2D eigenvalue weighted by atomic mass is 9.98. The Hall–Kier alpha value is -2.15. The lowest BCUT2D eigenvalue weighted by Gasteiger charge is -2.24. The number of rotatable bonds is 6. The van der Waals surface area contributed by atoms with Crippen molar-refractivity contribution in [2.75, 3.05) is 6.54 Å². The normalized spacial score (nSPS) is 14.0. The molecule has 3 aromatic rings. The van der Waals surface area contributed by atoms with E-state index in [1.807, 2.05) is 34.3 Å². The summed E-state index contributed by atoms with van der Waals surface area (Å²) in [6.07, 6.45) is 4.70. The Morgan fingerprint density at radius 3 is 2.87 bits per heavy atom. The van der Waals surface area contributed by atoms with Crippen molar-refractivity contribution in [3.63, 3.8) is 0 Å². The molecule has 0 radical (unpaired) electrons. The molecule has 118 valence electrons. The molecule has 0 saturated heterocycles. The predicted octanol–water partition coefficient (Wildman–Crippen LogP) is 3.47. The van der Waals surface area contributed by atoms with Crippen molar-refractivity contribution in [2.24, 2.45) is 0 Å². The molecule has 0 fully saturated rings. The molecule has 23 heavy (non-hydrogen) atoms. The van der Waals surface area contributed by atoms with Gasteiger partial charge in [-0.15, -0.1) is 11.3 Å². The molecule has 0 aliphatic carbocycles. The fourth-order valence-corrected chi connectivity index (χ4v) is 3.60. The summed E-state index contributed by atoms with van der Waals surface area (Å²) in [6.45, 7) is 0.0356. The van der Waals surface area contributed by atoms with Crippen LogP contribution in [0.3, 0.4) is 0 Å². The zero-order chi connectivity index (χ0) is 16.1. The maximum Gasteiger partial charge on any atom is 0.244 e. The van der Waals surface area contributed by atoms with Crippen LogP contribution >= 0.6 is 22.7 Å². The van der Waals surface area contributed by atoms with Crippen molar-refractivity contribution >= 4 is 34.7 Å². The topological polar surface area (TPSA) is 62.5 Å². The molecule has 4 nitrogen and oxygen atoms in total. The summed E-state index contributed by atoms with van der Waals surface area (Å²) in [5.41, 5.74) is -0.395. The standard InChI is InChI=1S/C17H15NO3S2/c19-16(6-5-13-7-10-22-11-13)18-12-17(20,14-3-1-8-21-14)15-4-2-9-23-15/h1-11,20H,12H2,(H,18,19). The third kappa shape index (κ3) is 3.61. The van der Waals surface area contributed by atoms with E-state index in [0.29, 0.717) is 5.76 Å². The highest BCUT2D eigenvalue weighted by molar-refractivity contribution is 7.10. The molecule has 2 N–H and O–H groups in total. The van der Waals surface area contributed by atoms with Crippen molar-refractivity contribution in [1.29, 1.82) is 0 Å². The monoisotopic (exact) mass is 345 g/mol. The van der Waals surface area contributed by atoms with Crippen LogP contribution in [0, 0.1) is 0 Å². The lowest BCUT2D eigenvalue weighted by molar-refractivity contribution is -0.117. The first-order valence-electron chi connectivity index (χ1n) is 6.97. The van der Waals surface area contributed by atoms with Gasteiger partial charge in [0.15, 0.2) is 5.60 Å². The first-order valence-corrected chi connectivity index (χ1v) is 8.79. The van der Waals surface area contributed by atoms with E-state index in [1.54, 1.807) is 29.5 Å². The fraction of sp³-hybridized carbons (Fsp3) is 0.118. The summed E-state index contributed by atoms with van der Waals surface area (Å²) in [7, 11) is 0. The van der Waals surface area contributed by atoms with Crippen LogP contribution in [-0.2, 0) is 10.4 Å². The van der Waals surface area contributed by atoms with Gasteiger partial charge in [0.25, 0.3) is 0 Å². The minimum absolute atomic E-state index is 0.0356. The van der Waals surface area contributed by atoms with Crippen LogP contribution in [0.4, 0.5) is 0 Å². The van der Waals surface area contributed by atoms with Crippen LogP contribution in [0.5, 0.6) is 0 Å². The molecule has 0 bridgehead atoms. The van der Waals surface area contributed by atoms with Crippen LogP contribution < -0.4 is 5.32 Å². The van der Waals surface area contributed by atoms with E-state index >= 15 is 0 Å². The Morgan fingerprint density at radius 2 is 2.22 bits per heavy atom. The quantitative estimate of drug-likeness (QED) is 0.673. The Labute approximate surface area is 141 Å². The van der Waals surface area contributed by atoms with E-state index in [1.165, 1.54) is 23.7 Å².